The summed E-state index contributed by atoms with van der Waals surface area (Å²) in [6.45, 7) is 9.87. The van der Waals surface area contributed by atoms with Gasteiger partial charge in [-0.1, -0.05) is 25.4 Å². The fraction of sp³-hybridized carbons (Fsp3) is 0.625. The molecule has 0 aliphatic carbocycles. The summed E-state index contributed by atoms with van der Waals surface area (Å²) in [5, 5.41) is 4.18. The van der Waals surface area contributed by atoms with Gasteiger partial charge in [0, 0.05) is 24.7 Å². The molecule has 3 nitrogen and oxygen atoms in total. The van der Waals surface area contributed by atoms with Crippen LogP contribution >= 0.6 is 11.6 Å². The van der Waals surface area contributed by atoms with Gasteiger partial charge in [-0.3, -0.25) is 0 Å². The molecule has 0 saturated heterocycles. The van der Waals surface area contributed by atoms with E-state index in [1.54, 1.807) is 0 Å². The molecule has 0 saturated carbocycles. The van der Waals surface area contributed by atoms with Crippen LogP contribution in [0.1, 0.15) is 30.9 Å². The molecule has 114 valence electrons. The van der Waals surface area contributed by atoms with E-state index in [0.29, 0.717) is 12.5 Å². The second-order valence-corrected chi connectivity index (χ2v) is 6.10. The lowest BCUT2D eigenvalue weighted by atomic mass is 10.0. The molecular formula is C16H27ClN2O. The summed E-state index contributed by atoms with van der Waals surface area (Å²) in [4.78, 5) is 2.16. The average molecular weight is 299 g/mol. The van der Waals surface area contributed by atoms with Crippen LogP contribution in [0.3, 0.4) is 0 Å². The third-order valence-corrected chi connectivity index (χ3v) is 3.59. The van der Waals surface area contributed by atoms with Crippen molar-refractivity contribution in [2.24, 2.45) is 0 Å². The number of nitrogens with one attached hydrogen (secondary N) is 1. The van der Waals surface area contributed by atoms with Crippen LogP contribution in [0.25, 0.3) is 0 Å². The monoisotopic (exact) mass is 298 g/mol. The number of benzene rings is 1. The van der Waals surface area contributed by atoms with Gasteiger partial charge >= 0.3 is 0 Å². The van der Waals surface area contributed by atoms with Crippen molar-refractivity contribution in [3.63, 3.8) is 0 Å². The highest BCUT2D eigenvalue weighted by molar-refractivity contribution is 6.31. The highest BCUT2D eigenvalue weighted by atomic mass is 35.5. The summed E-state index contributed by atoms with van der Waals surface area (Å²) in [6.07, 6.45) is 0. The molecule has 4 heteroatoms. The van der Waals surface area contributed by atoms with Crippen molar-refractivity contribution in [3.05, 3.63) is 28.3 Å². The maximum atomic E-state index is 6.19. The van der Waals surface area contributed by atoms with Crippen LogP contribution in [0.5, 0.6) is 5.75 Å². The van der Waals surface area contributed by atoms with Crippen molar-refractivity contribution in [3.8, 4) is 5.75 Å². The molecule has 0 heterocycles. The van der Waals surface area contributed by atoms with Crippen LogP contribution in [0.2, 0.25) is 5.02 Å². The number of likely N-dealkylation sites (N-methyl/N-ethyl adjacent to an activating group) is 1. The average Bonchev–Trinajstić information content (AvgIpc) is 2.36. The molecule has 0 aromatic heterocycles. The molecule has 0 aliphatic heterocycles. The van der Waals surface area contributed by atoms with E-state index < -0.39 is 0 Å². The smallest absolute Gasteiger partial charge is 0.123 e. The van der Waals surface area contributed by atoms with Crippen LogP contribution < -0.4 is 10.1 Å². The standard InChI is InChI=1S/C16H27ClN2O/c1-12(2)14-11-15(17)13(3)10-16(14)20-9-7-18-6-8-19(4)5/h10-12,18H,6-9H2,1-5H3. The molecule has 0 unspecified atom stereocenters. The van der Waals surface area contributed by atoms with E-state index in [1.165, 1.54) is 5.56 Å². The molecule has 0 fully saturated rings. The first-order valence-corrected chi connectivity index (χ1v) is 7.58. The Balaban J connectivity index is 2.49. The Morgan fingerprint density at radius 2 is 1.95 bits per heavy atom. The number of aryl methyl sites for hydroxylation is 1. The Bertz CT molecular complexity index is 419. The van der Waals surface area contributed by atoms with Crippen molar-refractivity contribution in [2.75, 3.05) is 40.3 Å². The van der Waals surface area contributed by atoms with Crippen LogP contribution in [-0.4, -0.2) is 45.2 Å². The third kappa shape index (κ3) is 5.70. The molecule has 1 aromatic rings. The van der Waals surface area contributed by atoms with Crippen LogP contribution in [-0.2, 0) is 0 Å². The zero-order valence-corrected chi connectivity index (χ0v) is 14.0. The van der Waals surface area contributed by atoms with Gasteiger partial charge in [-0.05, 0) is 50.2 Å². The summed E-state index contributed by atoms with van der Waals surface area (Å²) in [7, 11) is 4.15. The summed E-state index contributed by atoms with van der Waals surface area (Å²) in [5.74, 6) is 1.36. The molecule has 1 N–H and O–H groups in total. The van der Waals surface area contributed by atoms with Crippen molar-refractivity contribution >= 4 is 11.6 Å². The van der Waals surface area contributed by atoms with Gasteiger partial charge in [0.05, 0.1) is 0 Å². The number of hydrogen-bond acceptors (Lipinski definition) is 3. The molecule has 0 bridgehead atoms. The molecule has 1 rings (SSSR count). The molecule has 1 aromatic carbocycles. The molecule has 0 amide bonds. The lowest BCUT2D eigenvalue weighted by molar-refractivity contribution is 0.304. The molecule has 0 aliphatic rings. The predicted molar refractivity (Wildman–Crippen MR) is 87.2 cm³/mol. The fourth-order valence-corrected chi connectivity index (χ4v) is 2.08. The number of nitrogens with zero attached hydrogens (tertiary/aromatic N) is 1. The maximum absolute atomic E-state index is 6.19. The largest absolute Gasteiger partial charge is 0.492 e. The van der Waals surface area contributed by atoms with Crippen molar-refractivity contribution in [1.82, 2.24) is 10.2 Å². The van der Waals surface area contributed by atoms with Gasteiger partial charge < -0.3 is 15.0 Å². The zero-order chi connectivity index (χ0) is 15.1. The third-order valence-electron chi connectivity index (χ3n) is 3.19. The molecule has 0 radical (unpaired) electrons. The van der Waals surface area contributed by atoms with Crippen LogP contribution in [0, 0.1) is 6.92 Å². The summed E-state index contributed by atoms with van der Waals surface area (Å²) in [6, 6.07) is 4.06. The molecule has 0 spiro atoms. The maximum Gasteiger partial charge on any atom is 0.123 e. The Hall–Kier alpha value is -0.770. The number of hydrogen-bond donors (Lipinski definition) is 1. The van der Waals surface area contributed by atoms with E-state index in [9.17, 15) is 0 Å². The second-order valence-electron chi connectivity index (χ2n) is 5.70. The van der Waals surface area contributed by atoms with Gasteiger partial charge in [-0.25, -0.2) is 0 Å². The lowest BCUT2D eigenvalue weighted by Crippen LogP contribution is -2.29. The van der Waals surface area contributed by atoms with Crippen LogP contribution in [0.4, 0.5) is 0 Å². The zero-order valence-electron chi connectivity index (χ0n) is 13.3. The SMILES string of the molecule is Cc1cc(OCCNCCN(C)C)c(C(C)C)cc1Cl. The first-order chi connectivity index (χ1) is 9.41. The molecular weight excluding hydrogens is 272 g/mol. The normalized spacial score (nSPS) is 11.4. The molecule has 20 heavy (non-hydrogen) atoms. The van der Waals surface area contributed by atoms with Gasteiger partial charge in [-0.15, -0.1) is 0 Å². The minimum atomic E-state index is 0.407. The van der Waals surface area contributed by atoms with E-state index in [4.69, 9.17) is 16.3 Å². The van der Waals surface area contributed by atoms with E-state index >= 15 is 0 Å². The summed E-state index contributed by atoms with van der Waals surface area (Å²) >= 11 is 6.19. The number of halogens is 1. The van der Waals surface area contributed by atoms with Gasteiger partial charge in [0.15, 0.2) is 0 Å². The van der Waals surface area contributed by atoms with E-state index in [0.717, 1.165) is 36.0 Å². The van der Waals surface area contributed by atoms with Crippen molar-refractivity contribution in [2.45, 2.75) is 26.7 Å². The fourth-order valence-electron chi connectivity index (χ4n) is 1.91. The highest BCUT2D eigenvalue weighted by Crippen LogP contribution is 2.31. The van der Waals surface area contributed by atoms with E-state index in [1.807, 2.05) is 19.1 Å². The quantitative estimate of drug-likeness (QED) is 0.745. The highest BCUT2D eigenvalue weighted by Gasteiger charge is 2.10. The predicted octanol–water partition coefficient (Wildman–Crippen LogP) is 3.30. The lowest BCUT2D eigenvalue weighted by Gasteiger charge is -2.16. The summed E-state index contributed by atoms with van der Waals surface area (Å²) in [5.41, 5.74) is 2.24. The van der Waals surface area contributed by atoms with Gasteiger partial charge in [-0.2, -0.15) is 0 Å². The minimum absolute atomic E-state index is 0.407. The Morgan fingerprint density at radius 3 is 2.55 bits per heavy atom. The van der Waals surface area contributed by atoms with Gasteiger partial charge in [0.2, 0.25) is 0 Å². The van der Waals surface area contributed by atoms with Crippen LogP contribution in [0.15, 0.2) is 12.1 Å². The Morgan fingerprint density at radius 1 is 1.25 bits per heavy atom. The molecule has 0 atom stereocenters. The van der Waals surface area contributed by atoms with Gasteiger partial charge in [0.25, 0.3) is 0 Å². The minimum Gasteiger partial charge on any atom is -0.492 e. The second kappa shape index (κ2) is 8.50. The first-order valence-electron chi connectivity index (χ1n) is 7.20. The number of rotatable bonds is 8. The summed E-state index contributed by atoms with van der Waals surface area (Å²) < 4.78 is 5.91. The van der Waals surface area contributed by atoms with E-state index in [2.05, 4.69) is 38.2 Å². The van der Waals surface area contributed by atoms with E-state index in [-0.39, 0.29) is 0 Å². The van der Waals surface area contributed by atoms with Gasteiger partial charge in [0.1, 0.15) is 12.4 Å². The van der Waals surface area contributed by atoms with Crippen molar-refractivity contribution < 1.29 is 4.74 Å². The Labute approximate surface area is 128 Å². The first kappa shape index (κ1) is 17.3. The Kier molecular flexibility index (Phi) is 7.35. The topological polar surface area (TPSA) is 24.5 Å². The number of ether oxygens (including phenoxy) is 1. The van der Waals surface area contributed by atoms with Crippen molar-refractivity contribution in [1.29, 1.82) is 0 Å².